The molecule has 7 rings (SSSR count). The Morgan fingerprint density at radius 2 is 1.22 bits per heavy atom. The normalized spacial score (nSPS) is 11.5. The molecule has 170 valence electrons. The third-order valence-electron chi connectivity index (χ3n) is 7.32. The van der Waals surface area contributed by atoms with E-state index in [0.717, 1.165) is 0 Å². The minimum absolute atomic E-state index is 1.18. The zero-order valence-electron chi connectivity index (χ0n) is 20.1. The molecule has 0 fully saturated rings. The highest BCUT2D eigenvalue weighted by molar-refractivity contribution is 6.21. The summed E-state index contributed by atoms with van der Waals surface area (Å²) in [6, 6.07) is 48.3. The first kappa shape index (κ1) is 20.7. The number of para-hydroxylation sites is 1. The number of aromatic nitrogens is 1. The van der Waals surface area contributed by atoms with Crippen molar-refractivity contribution in [2.24, 2.45) is 0 Å². The highest BCUT2D eigenvalue weighted by Gasteiger charge is 2.16. The molecule has 0 aliphatic carbocycles. The Hall–Kier alpha value is -4.62. The SMILES string of the molecule is Cc1ccccc1-c1cccc(-c2ccc3c4c5ccccc5ccc4n(-c4ccccc4)c3c2)c1. The van der Waals surface area contributed by atoms with Crippen molar-refractivity contribution in [2.45, 2.75) is 6.92 Å². The fourth-order valence-corrected chi connectivity index (χ4v) is 5.59. The molecular weight excluding hydrogens is 434 g/mol. The van der Waals surface area contributed by atoms with Crippen molar-refractivity contribution in [3.8, 4) is 27.9 Å². The van der Waals surface area contributed by atoms with Gasteiger partial charge in [0, 0.05) is 16.5 Å². The van der Waals surface area contributed by atoms with Gasteiger partial charge in [-0.25, -0.2) is 0 Å². The summed E-state index contributed by atoms with van der Waals surface area (Å²) in [7, 11) is 0. The number of aryl methyl sites for hydroxylation is 1. The van der Waals surface area contributed by atoms with E-state index in [4.69, 9.17) is 0 Å². The quantitative estimate of drug-likeness (QED) is 0.248. The summed E-state index contributed by atoms with van der Waals surface area (Å²) in [5.74, 6) is 0. The topological polar surface area (TPSA) is 4.93 Å². The lowest BCUT2D eigenvalue weighted by molar-refractivity contribution is 1.18. The molecule has 0 amide bonds. The van der Waals surface area contributed by atoms with E-state index in [1.54, 1.807) is 0 Å². The molecule has 0 saturated heterocycles. The van der Waals surface area contributed by atoms with Crippen molar-refractivity contribution in [3.05, 3.63) is 139 Å². The van der Waals surface area contributed by atoms with Crippen LogP contribution in [0.25, 0.3) is 60.5 Å². The van der Waals surface area contributed by atoms with Gasteiger partial charge in [0.05, 0.1) is 11.0 Å². The largest absolute Gasteiger partial charge is 0.309 e. The van der Waals surface area contributed by atoms with E-state index in [1.807, 2.05) is 0 Å². The molecule has 0 aliphatic heterocycles. The van der Waals surface area contributed by atoms with Crippen LogP contribution in [0.5, 0.6) is 0 Å². The average Bonchev–Trinajstić information content (AvgIpc) is 3.28. The minimum Gasteiger partial charge on any atom is -0.309 e. The predicted octanol–water partition coefficient (Wildman–Crippen LogP) is 9.58. The maximum absolute atomic E-state index is 2.41. The van der Waals surface area contributed by atoms with Crippen LogP contribution in [0, 0.1) is 6.92 Å². The number of benzene rings is 6. The first-order chi connectivity index (χ1) is 17.8. The van der Waals surface area contributed by atoms with Crippen molar-refractivity contribution >= 4 is 32.6 Å². The summed E-state index contributed by atoms with van der Waals surface area (Å²) in [4.78, 5) is 0. The van der Waals surface area contributed by atoms with Gasteiger partial charge in [-0.15, -0.1) is 0 Å². The molecule has 0 atom stereocenters. The maximum atomic E-state index is 2.41. The Morgan fingerprint density at radius 1 is 0.472 bits per heavy atom. The minimum atomic E-state index is 1.18. The average molecular weight is 460 g/mol. The summed E-state index contributed by atoms with van der Waals surface area (Å²) >= 11 is 0. The van der Waals surface area contributed by atoms with Gasteiger partial charge in [0.15, 0.2) is 0 Å². The lowest BCUT2D eigenvalue weighted by Gasteiger charge is -2.10. The molecule has 0 bridgehead atoms. The zero-order valence-corrected chi connectivity index (χ0v) is 20.1. The first-order valence-electron chi connectivity index (χ1n) is 12.5. The van der Waals surface area contributed by atoms with Crippen molar-refractivity contribution < 1.29 is 0 Å². The molecule has 1 heterocycles. The van der Waals surface area contributed by atoms with Gasteiger partial charge >= 0.3 is 0 Å². The van der Waals surface area contributed by atoms with Crippen LogP contribution in [-0.4, -0.2) is 4.57 Å². The highest BCUT2D eigenvalue weighted by atomic mass is 15.0. The Labute approximate surface area is 210 Å². The molecule has 1 aromatic heterocycles. The first-order valence-corrected chi connectivity index (χ1v) is 12.5. The number of rotatable bonds is 3. The molecule has 6 aromatic carbocycles. The zero-order chi connectivity index (χ0) is 24.1. The van der Waals surface area contributed by atoms with E-state index < -0.39 is 0 Å². The molecule has 0 aliphatic rings. The van der Waals surface area contributed by atoms with Gasteiger partial charge < -0.3 is 4.57 Å². The van der Waals surface area contributed by atoms with E-state index in [1.165, 1.54) is 66.1 Å². The molecule has 0 saturated carbocycles. The van der Waals surface area contributed by atoms with E-state index in [0.29, 0.717) is 0 Å². The van der Waals surface area contributed by atoms with Crippen molar-refractivity contribution in [1.29, 1.82) is 0 Å². The molecule has 0 unspecified atom stereocenters. The van der Waals surface area contributed by atoms with Gasteiger partial charge in [0.2, 0.25) is 0 Å². The van der Waals surface area contributed by atoms with E-state index in [2.05, 4.69) is 145 Å². The van der Waals surface area contributed by atoms with Crippen LogP contribution in [-0.2, 0) is 0 Å². The highest BCUT2D eigenvalue weighted by Crippen LogP contribution is 2.39. The third-order valence-corrected chi connectivity index (χ3v) is 7.32. The summed E-state index contributed by atoms with van der Waals surface area (Å²) < 4.78 is 2.41. The lowest BCUT2D eigenvalue weighted by Crippen LogP contribution is -1.93. The van der Waals surface area contributed by atoms with Crippen LogP contribution in [0.15, 0.2) is 133 Å². The number of hydrogen-bond acceptors (Lipinski definition) is 0. The summed E-state index contributed by atoms with van der Waals surface area (Å²) in [5, 5.41) is 5.16. The summed E-state index contributed by atoms with van der Waals surface area (Å²) in [5.41, 5.74) is 9.92. The second kappa shape index (κ2) is 8.25. The second-order valence-electron chi connectivity index (χ2n) is 9.48. The van der Waals surface area contributed by atoms with Crippen molar-refractivity contribution in [1.82, 2.24) is 4.57 Å². The van der Waals surface area contributed by atoms with E-state index >= 15 is 0 Å². The lowest BCUT2D eigenvalue weighted by atomic mass is 9.96. The second-order valence-corrected chi connectivity index (χ2v) is 9.48. The molecule has 0 radical (unpaired) electrons. The Bertz CT molecular complexity index is 1890. The maximum Gasteiger partial charge on any atom is 0.0547 e. The fourth-order valence-electron chi connectivity index (χ4n) is 5.59. The van der Waals surface area contributed by atoms with Crippen molar-refractivity contribution in [3.63, 3.8) is 0 Å². The van der Waals surface area contributed by atoms with Crippen molar-refractivity contribution in [2.75, 3.05) is 0 Å². The van der Waals surface area contributed by atoms with Crippen LogP contribution in [0.4, 0.5) is 0 Å². The Kier molecular flexibility index (Phi) is 4.75. The van der Waals surface area contributed by atoms with Crippen LogP contribution in [0.3, 0.4) is 0 Å². The van der Waals surface area contributed by atoms with E-state index in [9.17, 15) is 0 Å². The fraction of sp³-hybridized carbons (Fsp3) is 0.0286. The van der Waals surface area contributed by atoms with Gasteiger partial charge in [-0.2, -0.15) is 0 Å². The summed E-state index contributed by atoms with van der Waals surface area (Å²) in [6.07, 6.45) is 0. The Morgan fingerprint density at radius 3 is 2.11 bits per heavy atom. The molecule has 0 N–H and O–H groups in total. The van der Waals surface area contributed by atoms with Crippen LogP contribution in [0.1, 0.15) is 5.56 Å². The molecule has 7 aromatic rings. The smallest absolute Gasteiger partial charge is 0.0547 e. The molecule has 1 nitrogen and oxygen atoms in total. The van der Waals surface area contributed by atoms with Gasteiger partial charge in [-0.1, -0.05) is 103 Å². The molecular formula is C35H25N. The van der Waals surface area contributed by atoms with Gasteiger partial charge in [0.25, 0.3) is 0 Å². The van der Waals surface area contributed by atoms with Gasteiger partial charge in [-0.3, -0.25) is 0 Å². The number of hydrogen-bond donors (Lipinski definition) is 0. The molecule has 1 heteroatoms. The summed E-state index contributed by atoms with van der Waals surface area (Å²) in [6.45, 7) is 2.18. The number of nitrogens with zero attached hydrogens (tertiary/aromatic N) is 1. The van der Waals surface area contributed by atoms with Gasteiger partial charge in [-0.05, 0) is 75.8 Å². The third kappa shape index (κ3) is 3.25. The van der Waals surface area contributed by atoms with Crippen LogP contribution >= 0.6 is 0 Å². The molecule has 0 spiro atoms. The van der Waals surface area contributed by atoms with Crippen LogP contribution in [0.2, 0.25) is 0 Å². The standard InChI is InChI=1S/C35H25N/c1-24-10-5-7-16-30(24)28-13-9-12-26(22-28)27-18-20-32-34(23-27)36(29-14-3-2-4-15-29)33-21-19-25-11-6-8-17-31(25)35(32)33/h2-23H,1H3. The van der Waals surface area contributed by atoms with E-state index in [-0.39, 0.29) is 0 Å². The monoisotopic (exact) mass is 459 g/mol. The molecule has 36 heavy (non-hydrogen) atoms. The van der Waals surface area contributed by atoms with Crippen LogP contribution < -0.4 is 0 Å². The van der Waals surface area contributed by atoms with Gasteiger partial charge in [0.1, 0.15) is 0 Å². The number of fused-ring (bicyclic) bond motifs is 5. The Balaban J connectivity index is 1.51. The predicted molar refractivity (Wildman–Crippen MR) is 154 cm³/mol.